The minimum atomic E-state index is 0.685. The first-order chi connectivity index (χ1) is 6.77. The number of nitrogens with one attached hydrogen (secondary N) is 1. The van der Waals surface area contributed by atoms with Gasteiger partial charge >= 0.3 is 0 Å². The molecule has 2 aromatic rings. The van der Waals surface area contributed by atoms with E-state index < -0.39 is 0 Å². The van der Waals surface area contributed by atoms with Gasteiger partial charge in [0.1, 0.15) is 0 Å². The van der Waals surface area contributed by atoms with Crippen LogP contribution in [0.15, 0.2) is 29.6 Å². The summed E-state index contributed by atoms with van der Waals surface area (Å²) in [5, 5.41) is 6.96. The second-order valence-electron chi connectivity index (χ2n) is 3.92. The van der Waals surface area contributed by atoms with Crippen molar-refractivity contribution in [1.29, 1.82) is 0 Å². The van der Waals surface area contributed by atoms with E-state index in [9.17, 15) is 0 Å². The van der Waals surface area contributed by atoms with E-state index in [0.717, 1.165) is 6.54 Å². The Hall–Kier alpha value is -1.02. The fourth-order valence-electron chi connectivity index (χ4n) is 1.45. The maximum absolute atomic E-state index is 3.48. The van der Waals surface area contributed by atoms with E-state index in [1.54, 1.807) is 11.3 Å². The molecule has 1 heterocycles. The number of thiophene rings is 1. The van der Waals surface area contributed by atoms with Crippen LogP contribution >= 0.6 is 11.3 Å². The second-order valence-corrected chi connectivity index (χ2v) is 4.84. The van der Waals surface area contributed by atoms with Gasteiger partial charge in [-0.25, -0.2) is 0 Å². The topological polar surface area (TPSA) is 12.0 Å². The van der Waals surface area contributed by atoms with Crippen LogP contribution in [0, 0.1) is 5.92 Å². The quantitative estimate of drug-likeness (QED) is 0.799. The largest absolute Gasteiger partial charge is 0.384 e. The van der Waals surface area contributed by atoms with Gasteiger partial charge in [-0.1, -0.05) is 26.0 Å². The van der Waals surface area contributed by atoms with Gasteiger partial charge in [-0.3, -0.25) is 0 Å². The Labute approximate surface area is 88.8 Å². The standard InChI is InChI=1S/C12H15NS/c1-9(2)8-13-11-5-3-4-10-6-7-14-12(10)11/h3-7,9,13H,8H2,1-2H3. The van der Waals surface area contributed by atoms with Gasteiger partial charge in [-0.2, -0.15) is 0 Å². The van der Waals surface area contributed by atoms with Gasteiger partial charge in [0.05, 0.1) is 10.4 Å². The molecule has 0 aliphatic rings. The molecule has 0 radical (unpaired) electrons. The molecule has 0 fully saturated rings. The average molecular weight is 205 g/mol. The summed E-state index contributed by atoms with van der Waals surface area (Å²) >= 11 is 1.80. The molecule has 0 aliphatic heterocycles. The third-order valence-electron chi connectivity index (χ3n) is 2.18. The SMILES string of the molecule is CC(C)CNc1cccc2ccsc12. The van der Waals surface area contributed by atoms with Gasteiger partial charge < -0.3 is 5.32 Å². The van der Waals surface area contributed by atoms with Crippen LogP contribution < -0.4 is 5.32 Å². The molecule has 2 rings (SSSR count). The van der Waals surface area contributed by atoms with Gasteiger partial charge in [-0.05, 0) is 28.8 Å². The number of rotatable bonds is 3. The number of hydrogen-bond donors (Lipinski definition) is 1. The maximum Gasteiger partial charge on any atom is 0.0574 e. The minimum Gasteiger partial charge on any atom is -0.384 e. The fraction of sp³-hybridized carbons (Fsp3) is 0.333. The highest BCUT2D eigenvalue weighted by Crippen LogP contribution is 2.28. The van der Waals surface area contributed by atoms with Crippen molar-refractivity contribution in [3.63, 3.8) is 0 Å². The van der Waals surface area contributed by atoms with E-state index in [1.165, 1.54) is 15.8 Å². The normalized spacial score (nSPS) is 11.1. The van der Waals surface area contributed by atoms with Crippen molar-refractivity contribution in [2.45, 2.75) is 13.8 Å². The predicted octanol–water partition coefficient (Wildman–Crippen LogP) is 3.97. The molecule has 2 heteroatoms. The zero-order valence-electron chi connectivity index (χ0n) is 8.58. The summed E-state index contributed by atoms with van der Waals surface area (Å²) in [6.07, 6.45) is 0. The first-order valence-electron chi connectivity index (χ1n) is 4.97. The molecule has 0 aliphatic carbocycles. The van der Waals surface area contributed by atoms with Crippen molar-refractivity contribution >= 4 is 27.1 Å². The van der Waals surface area contributed by atoms with Gasteiger partial charge in [0.2, 0.25) is 0 Å². The van der Waals surface area contributed by atoms with Crippen molar-refractivity contribution in [1.82, 2.24) is 0 Å². The molecule has 1 nitrogen and oxygen atoms in total. The Morgan fingerprint density at radius 2 is 2.14 bits per heavy atom. The highest BCUT2D eigenvalue weighted by Gasteiger charge is 2.01. The van der Waals surface area contributed by atoms with Gasteiger partial charge in [-0.15, -0.1) is 11.3 Å². The monoisotopic (exact) mass is 205 g/mol. The molecule has 1 aromatic heterocycles. The Morgan fingerprint density at radius 3 is 2.93 bits per heavy atom. The van der Waals surface area contributed by atoms with Crippen LogP contribution in [-0.4, -0.2) is 6.54 Å². The van der Waals surface area contributed by atoms with Crippen LogP contribution in [0.2, 0.25) is 0 Å². The minimum absolute atomic E-state index is 0.685. The number of hydrogen-bond acceptors (Lipinski definition) is 2. The summed E-state index contributed by atoms with van der Waals surface area (Å²) in [7, 11) is 0. The summed E-state index contributed by atoms with van der Waals surface area (Å²) in [4.78, 5) is 0. The summed E-state index contributed by atoms with van der Waals surface area (Å²) in [5.74, 6) is 0.685. The van der Waals surface area contributed by atoms with Crippen LogP contribution in [0.1, 0.15) is 13.8 Å². The van der Waals surface area contributed by atoms with E-state index in [0.29, 0.717) is 5.92 Å². The Balaban J connectivity index is 2.27. The molecule has 1 N–H and O–H groups in total. The molecule has 0 bridgehead atoms. The summed E-state index contributed by atoms with van der Waals surface area (Å²) in [6.45, 7) is 5.49. The lowest BCUT2D eigenvalue weighted by Gasteiger charge is -2.09. The van der Waals surface area contributed by atoms with E-state index in [4.69, 9.17) is 0 Å². The smallest absolute Gasteiger partial charge is 0.0574 e. The Kier molecular flexibility index (Phi) is 2.73. The van der Waals surface area contributed by atoms with E-state index in [1.807, 2.05) is 0 Å². The number of fused-ring (bicyclic) bond motifs is 1. The Bertz CT molecular complexity index is 417. The van der Waals surface area contributed by atoms with E-state index >= 15 is 0 Å². The van der Waals surface area contributed by atoms with Gasteiger partial charge in [0.15, 0.2) is 0 Å². The molecule has 0 saturated carbocycles. The molecular weight excluding hydrogens is 190 g/mol. The van der Waals surface area contributed by atoms with Crippen molar-refractivity contribution in [3.05, 3.63) is 29.6 Å². The van der Waals surface area contributed by atoms with Crippen molar-refractivity contribution in [2.24, 2.45) is 5.92 Å². The lowest BCUT2D eigenvalue weighted by molar-refractivity contribution is 0.689. The van der Waals surface area contributed by atoms with Crippen LogP contribution in [0.25, 0.3) is 10.1 Å². The molecule has 0 saturated heterocycles. The zero-order valence-corrected chi connectivity index (χ0v) is 9.40. The molecule has 1 aromatic carbocycles. The molecule has 14 heavy (non-hydrogen) atoms. The molecule has 74 valence electrons. The van der Waals surface area contributed by atoms with Crippen molar-refractivity contribution in [2.75, 3.05) is 11.9 Å². The van der Waals surface area contributed by atoms with Crippen molar-refractivity contribution in [3.8, 4) is 0 Å². The first-order valence-corrected chi connectivity index (χ1v) is 5.85. The lowest BCUT2D eigenvalue weighted by atomic mass is 10.2. The molecular formula is C12H15NS. The zero-order chi connectivity index (χ0) is 9.97. The van der Waals surface area contributed by atoms with E-state index in [-0.39, 0.29) is 0 Å². The van der Waals surface area contributed by atoms with Crippen LogP contribution in [0.5, 0.6) is 0 Å². The van der Waals surface area contributed by atoms with Gasteiger partial charge in [0.25, 0.3) is 0 Å². The summed E-state index contributed by atoms with van der Waals surface area (Å²) in [5.41, 5.74) is 1.27. The van der Waals surface area contributed by atoms with Crippen LogP contribution in [0.3, 0.4) is 0 Å². The lowest BCUT2D eigenvalue weighted by Crippen LogP contribution is -2.07. The van der Waals surface area contributed by atoms with Crippen molar-refractivity contribution < 1.29 is 0 Å². The fourth-order valence-corrected chi connectivity index (χ4v) is 2.34. The molecule has 0 atom stereocenters. The predicted molar refractivity (Wildman–Crippen MR) is 65.2 cm³/mol. The number of anilines is 1. The number of benzene rings is 1. The average Bonchev–Trinajstić information content (AvgIpc) is 2.62. The third kappa shape index (κ3) is 1.90. The highest BCUT2D eigenvalue weighted by atomic mass is 32.1. The van der Waals surface area contributed by atoms with E-state index in [2.05, 4.69) is 48.8 Å². The second kappa shape index (κ2) is 4.01. The van der Waals surface area contributed by atoms with Crippen LogP contribution in [-0.2, 0) is 0 Å². The third-order valence-corrected chi connectivity index (χ3v) is 3.14. The van der Waals surface area contributed by atoms with Gasteiger partial charge in [0, 0.05) is 6.54 Å². The first kappa shape index (κ1) is 9.53. The van der Waals surface area contributed by atoms with Crippen LogP contribution in [0.4, 0.5) is 5.69 Å². The molecule has 0 amide bonds. The Morgan fingerprint density at radius 1 is 1.29 bits per heavy atom. The molecule has 0 unspecified atom stereocenters. The summed E-state index contributed by atoms with van der Waals surface area (Å²) < 4.78 is 1.37. The molecule has 0 spiro atoms. The highest BCUT2D eigenvalue weighted by molar-refractivity contribution is 7.17. The maximum atomic E-state index is 3.48. The summed E-state index contributed by atoms with van der Waals surface area (Å²) in [6, 6.07) is 8.59.